The highest BCUT2D eigenvalue weighted by molar-refractivity contribution is 7.80. The van der Waals surface area contributed by atoms with E-state index in [-0.39, 0.29) is 6.10 Å². The lowest BCUT2D eigenvalue weighted by Crippen LogP contribution is -2.29. The van der Waals surface area contributed by atoms with Crippen LogP contribution in [0.4, 0.5) is 0 Å². The van der Waals surface area contributed by atoms with Crippen LogP contribution in [-0.4, -0.2) is 17.7 Å². The zero-order valence-electron chi connectivity index (χ0n) is 8.01. The summed E-state index contributed by atoms with van der Waals surface area (Å²) in [6.07, 6.45) is 4.40. The van der Waals surface area contributed by atoms with E-state index >= 15 is 0 Å². The fourth-order valence-electron chi connectivity index (χ4n) is 0.979. The standard InChI is InChI=1S/C9H19NOS/c1-3-5-6-7-11-8(4-2)9(10)12/h8H,3-7H2,1-2H3,(H2,10,12). The first-order valence-electron chi connectivity index (χ1n) is 4.63. The maximum Gasteiger partial charge on any atom is 0.107 e. The molecule has 0 saturated heterocycles. The summed E-state index contributed by atoms with van der Waals surface area (Å²) in [4.78, 5) is 0.481. The van der Waals surface area contributed by atoms with Crippen molar-refractivity contribution in [1.29, 1.82) is 0 Å². The molecule has 0 aliphatic rings. The molecule has 0 saturated carbocycles. The van der Waals surface area contributed by atoms with Crippen molar-refractivity contribution in [3.63, 3.8) is 0 Å². The predicted octanol–water partition coefficient (Wildman–Crippen LogP) is 2.26. The Balaban J connectivity index is 3.38. The van der Waals surface area contributed by atoms with E-state index in [9.17, 15) is 0 Å². The van der Waals surface area contributed by atoms with Gasteiger partial charge in [0, 0.05) is 6.61 Å². The highest BCUT2D eigenvalue weighted by Crippen LogP contribution is 2.01. The summed E-state index contributed by atoms with van der Waals surface area (Å²) < 4.78 is 5.49. The minimum atomic E-state index is -0.0168. The van der Waals surface area contributed by atoms with Crippen LogP contribution >= 0.6 is 12.2 Å². The molecular weight excluding hydrogens is 170 g/mol. The Bertz CT molecular complexity index is 128. The third-order valence-electron chi connectivity index (χ3n) is 1.76. The molecule has 72 valence electrons. The molecule has 0 heterocycles. The molecule has 0 bridgehead atoms. The van der Waals surface area contributed by atoms with Gasteiger partial charge in [0.25, 0.3) is 0 Å². The minimum Gasteiger partial charge on any atom is -0.391 e. The lowest BCUT2D eigenvalue weighted by Gasteiger charge is -2.13. The first kappa shape index (κ1) is 11.8. The van der Waals surface area contributed by atoms with E-state index in [2.05, 4.69) is 6.92 Å². The fraction of sp³-hybridized carbons (Fsp3) is 0.889. The van der Waals surface area contributed by atoms with Gasteiger partial charge in [-0.2, -0.15) is 0 Å². The van der Waals surface area contributed by atoms with Gasteiger partial charge in [-0.25, -0.2) is 0 Å². The molecule has 0 amide bonds. The third-order valence-corrected chi connectivity index (χ3v) is 2.02. The van der Waals surface area contributed by atoms with Crippen LogP contribution in [0.3, 0.4) is 0 Å². The van der Waals surface area contributed by atoms with Crippen molar-refractivity contribution in [3.05, 3.63) is 0 Å². The number of hydrogen-bond acceptors (Lipinski definition) is 2. The quantitative estimate of drug-likeness (QED) is 0.493. The van der Waals surface area contributed by atoms with E-state index in [1.165, 1.54) is 12.8 Å². The van der Waals surface area contributed by atoms with E-state index in [4.69, 9.17) is 22.7 Å². The summed E-state index contributed by atoms with van der Waals surface area (Å²) in [5, 5.41) is 0. The Morgan fingerprint density at radius 2 is 2.08 bits per heavy atom. The summed E-state index contributed by atoms with van der Waals surface area (Å²) in [6.45, 7) is 4.98. The Kier molecular flexibility index (Phi) is 7.40. The lowest BCUT2D eigenvalue weighted by atomic mass is 10.2. The molecule has 0 rings (SSSR count). The molecule has 2 nitrogen and oxygen atoms in total. The lowest BCUT2D eigenvalue weighted by molar-refractivity contribution is 0.0929. The van der Waals surface area contributed by atoms with Crippen molar-refractivity contribution < 1.29 is 4.74 Å². The fourth-order valence-corrected chi connectivity index (χ4v) is 1.21. The molecule has 0 fully saturated rings. The zero-order chi connectivity index (χ0) is 9.40. The highest BCUT2D eigenvalue weighted by Gasteiger charge is 2.07. The Morgan fingerprint density at radius 1 is 1.42 bits per heavy atom. The second-order valence-corrected chi connectivity index (χ2v) is 3.35. The van der Waals surface area contributed by atoms with Crippen LogP contribution in [0, 0.1) is 0 Å². The topological polar surface area (TPSA) is 35.2 Å². The van der Waals surface area contributed by atoms with E-state index in [1.54, 1.807) is 0 Å². The van der Waals surface area contributed by atoms with Gasteiger partial charge in [-0.3, -0.25) is 0 Å². The molecule has 0 spiro atoms. The van der Waals surface area contributed by atoms with E-state index in [0.717, 1.165) is 19.4 Å². The summed E-state index contributed by atoms with van der Waals surface area (Å²) >= 11 is 4.85. The number of hydrogen-bond donors (Lipinski definition) is 1. The van der Waals surface area contributed by atoms with Gasteiger partial charge in [0.05, 0.1) is 0 Å². The average molecular weight is 189 g/mol. The molecule has 0 aromatic rings. The van der Waals surface area contributed by atoms with Crippen molar-refractivity contribution in [2.45, 2.75) is 45.6 Å². The molecule has 3 heteroatoms. The zero-order valence-corrected chi connectivity index (χ0v) is 8.82. The summed E-state index contributed by atoms with van der Waals surface area (Å²) in [7, 11) is 0. The first-order chi connectivity index (χ1) is 5.72. The van der Waals surface area contributed by atoms with Crippen LogP contribution in [0.5, 0.6) is 0 Å². The maximum atomic E-state index is 5.49. The average Bonchev–Trinajstić information content (AvgIpc) is 2.04. The molecule has 0 aliphatic carbocycles. The van der Waals surface area contributed by atoms with Gasteiger partial charge in [-0.05, 0) is 12.8 Å². The normalized spacial score (nSPS) is 12.8. The van der Waals surface area contributed by atoms with Gasteiger partial charge in [0.2, 0.25) is 0 Å². The van der Waals surface area contributed by atoms with Crippen LogP contribution in [0.15, 0.2) is 0 Å². The first-order valence-corrected chi connectivity index (χ1v) is 5.04. The Morgan fingerprint density at radius 3 is 2.50 bits per heavy atom. The van der Waals surface area contributed by atoms with E-state index in [0.29, 0.717) is 4.99 Å². The maximum absolute atomic E-state index is 5.49. The van der Waals surface area contributed by atoms with Crippen molar-refractivity contribution >= 4 is 17.2 Å². The molecule has 12 heavy (non-hydrogen) atoms. The third kappa shape index (κ3) is 5.49. The van der Waals surface area contributed by atoms with Gasteiger partial charge >= 0.3 is 0 Å². The number of thiocarbonyl (C=S) groups is 1. The minimum absolute atomic E-state index is 0.0168. The largest absolute Gasteiger partial charge is 0.391 e. The van der Waals surface area contributed by atoms with Crippen molar-refractivity contribution in [1.82, 2.24) is 0 Å². The van der Waals surface area contributed by atoms with Crippen molar-refractivity contribution in [2.24, 2.45) is 5.73 Å². The molecule has 0 aromatic heterocycles. The summed E-state index contributed by atoms with van der Waals surface area (Å²) in [5.41, 5.74) is 5.47. The van der Waals surface area contributed by atoms with Crippen LogP contribution in [-0.2, 0) is 4.74 Å². The second-order valence-electron chi connectivity index (χ2n) is 2.88. The van der Waals surface area contributed by atoms with Gasteiger partial charge in [0.1, 0.15) is 11.1 Å². The van der Waals surface area contributed by atoms with Gasteiger partial charge in [0.15, 0.2) is 0 Å². The van der Waals surface area contributed by atoms with Gasteiger partial charge < -0.3 is 10.5 Å². The molecular formula is C9H19NOS. The van der Waals surface area contributed by atoms with E-state index in [1.807, 2.05) is 6.92 Å². The number of unbranched alkanes of at least 4 members (excludes halogenated alkanes) is 2. The SMILES string of the molecule is CCCCCOC(CC)C(N)=S. The molecule has 1 atom stereocenters. The van der Waals surface area contributed by atoms with Crippen LogP contribution in [0.2, 0.25) is 0 Å². The van der Waals surface area contributed by atoms with Crippen molar-refractivity contribution in [3.8, 4) is 0 Å². The molecule has 1 unspecified atom stereocenters. The molecule has 2 N–H and O–H groups in total. The van der Waals surface area contributed by atoms with Crippen LogP contribution in [0.25, 0.3) is 0 Å². The van der Waals surface area contributed by atoms with Crippen LogP contribution < -0.4 is 5.73 Å². The van der Waals surface area contributed by atoms with Crippen LogP contribution in [0.1, 0.15) is 39.5 Å². The smallest absolute Gasteiger partial charge is 0.107 e. The number of nitrogens with two attached hydrogens (primary N) is 1. The highest BCUT2D eigenvalue weighted by atomic mass is 32.1. The van der Waals surface area contributed by atoms with Crippen molar-refractivity contribution in [2.75, 3.05) is 6.61 Å². The van der Waals surface area contributed by atoms with E-state index < -0.39 is 0 Å². The number of ether oxygens (including phenoxy) is 1. The Hall–Kier alpha value is -0.150. The Labute approximate surface area is 80.5 Å². The summed E-state index contributed by atoms with van der Waals surface area (Å²) in [6, 6.07) is 0. The van der Waals surface area contributed by atoms with Gasteiger partial charge in [-0.1, -0.05) is 38.9 Å². The monoisotopic (exact) mass is 189 g/mol. The predicted molar refractivity (Wildman–Crippen MR) is 56.3 cm³/mol. The molecule has 0 aromatic carbocycles. The second kappa shape index (κ2) is 7.50. The van der Waals surface area contributed by atoms with Gasteiger partial charge in [-0.15, -0.1) is 0 Å². The number of rotatable bonds is 7. The molecule has 0 radical (unpaired) electrons. The summed E-state index contributed by atoms with van der Waals surface area (Å²) in [5.74, 6) is 0. The molecule has 0 aliphatic heterocycles.